The van der Waals surface area contributed by atoms with Gasteiger partial charge in [-0.3, -0.25) is 4.79 Å². The number of hydrogen-bond acceptors (Lipinski definition) is 4. The number of nitrogens with zero attached hydrogens (tertiary/aromatic N) is 3. The second-order valence-electron chi connectivity index (χ2n) is 6.68. The molecule has 1 aromatic heterocycles. The predicted octanol–water partition coefficient (Wildman–Crippen LogP) is 3.48. The zero-order valence-electron chi connectivity index (χ0n) is 15.0. The molecule has 0 spiro atoms. The monoisotopic (exact) mass is 338 g/mol. The summed E-state index contributed by atoms with van der Waals surface area (Å²) < 4.78 is 0. The molecule has 2 heterocycles. The molecule has 1 saturated heterocycles. The molecular weight excluding hydrogens is 312 g/mol. The van der Waals surface area contributed by atoms with Gasteiger partial charge in [0.2, 0.25) is 0 Å². The van der Waals surface area contributed by atoms with Crippen LogP contribution < -0.4 is 10.2 Å². The van der Waals surface area contributed by atoms with Gasteiger partial charge in [-0.15, -0.1) is 0 Å². The van der Waals surface area contributed by atoms with Crippen molar-refractivity contribution in [2.45, 2.75) is 52.1 Å². The number of aromatic nitrogens is 2. The summed E-state index contributed by atoms with van der Waals surface area (Å²) in [7, 11) is 0. The standard InChI is InChI=1S/C20H26N4O/c1-3-17-9-4-5-10-24(17)19-12-18(22-14-23-19)20(25)21-13-16-8-6-7-15(2)11-16/h6-8,11-12,14,17H,3-5,9-10,13H2,1-2H3,(H,21,25). The van der Waals surface area contributed by atoms with E-state index >= 15 is 0 Å². The first-order valence-corrected chi connectivity index (χ1v) is 9.10. The minimum atomic E-state index is -0.157. The third kappa shape index (κ3) is 4.35. The van der Waals surface area contributed by atoms with Crippen molar-refractivity contribution in [1.29, 1.82) is 0 Å². The first-order chi connectivity index (χ1) is 12.2. The predicted molar refractivity (Wildman–Crippen MR) is 99.7 cm³/mol. The van der Waals surface area contributed by atoms with Crippen LogP contribution in [0.5, 0.6) is 0 Å². The van der Waals surface area contributed by atoms with Crippen molar-refractivity contribution < 1.29 is 4.79 Å². The van der Waals surface area contributed by atoms with Gasteiger partial charge < -0.3 is 10.2 Å². The van der Waals surface area contributed by atoms with Gasteiger partial charge in [0.15, 0.2) is 0 Å². The van der Waals surface area contributed by atoms with Crippen LogP contribution in [0.1, 0.15) is 54.2 Å². The van der Waals surface area contributed by atoms with Gasteiger partial charge in [0.1, 0.15) is 17.8 Å². The quantitative estimate of drug-likeness (QED) is 0.907. The van der Waals surface area contributed by atoms with Crippen LogP contribution in [0.15, 0.2) is 36.7 Å². The molecule has 5 heteroatoms. The zero-order chi connectivity index (χ0) is 17.6. The summed E-state index contributed by atoms with van der Waals surface area (Å²) in [5.74, 6) is 0.706. The van der Waals surface area contributed by atoms with Gasteiger partial charge in [0.05, 0.1) is 0 Å². The maximum atomic E-state index is 12.5. The Labute approximate surface area is 149 Å². The summed E-state index contributed by atoms with van der Waals surface area (Å²) in [6.45, 7) is 5.76. The molecule has 1 aliphatic rings. The summed E-state index contributed by atoms with van der Waals surface area (Å²) >= 11 is 0. The highest BCUT2D eigenvalue weighted by Gasteiger charge is 2.23. The van der Waals surface area contributed by atoms with Gasteiger partial charge in [0, 0.05) is 25.2 Å². The Hall–Kier alpha value is -2.43. The molecular formula is C20H26N4O. The summed E-state index contributed by atoms with van der Waals surface area (Å²) in [6, 6.07) is 10.5. The molecule has 0 radical (unpaired) electrons. The van der Waals surface area contributed by atoms with Crippen LogP contribution in [-0.4, -0.2) is 28.5 Å². The second-order valence-corrected chi connectivity index (χ2v) is 6.68. The van der Waals surface area contributed by atoms with Crippen molar-refractivity contribution >= 4 is 11.7 Å². The zero-order valence-corrected chi connectivity index (χ0v) is 15.0. The highest BCUT2D eigenvalue weighted by Crippen LogP contribution is 2.24. The molecule has 1 fully saturated rings. The highest BCUT2D eigenvalue weighted by atomic mass is 16.1. The van der Waals surface area contributed by atoms with Crippen molar-refractivity contribution in [3.8, 4) is 0 Å². The number of rotatable bonds is 5. The first-order valence-electron chi connectivity index (χ1n) is 9.10. The fraction of sp³-hybridized carbons (Fsp3) is 0.450. The molecule has 1 N–H and O–H groups in total. The Kier molecular flexibility index (Phi) is 5.64. The average molecular weight is 338 g/mol. The number of aryl methyl sites for hydroxylation is 1. The molecule has 1 atom stereocenters. The summed E-state index contributed by atoms with van der Waals surface area (Å²) in [5.41, 5.74) is 2.70. The molecule has 5 nitrogen and oxygen atoms in total. The molecule has 25 heavy (non-hydrogen) atoms. The highest BCUT2D eigenvalue weighted by molar-refractivity contribution is 5.92. The van der Waals surface area contributed by atoms with Crippen LogP contribution in [0.4, 0.5) is 5.82 Å². The van der Waals surface area contributed by atoms with Crippen LogP contribution in [0.3, 0.4) is 0 Å². The van der Waals surface area contributed by atoms with Crippen LogP contribution in [0.2, 0.25) is 0 Å². The van der Waals surface area contributed by atoms with E-state index in [2.05, 4.69) is 33.2 Å². The Morgan fingerprint density at radius 1 is 1.28 bits per heavy atom. The van der Waals surface area contributed by atoms with E-state index in [9.17, 15) is 4.79 Å². The van der Waals surface area contributed by atoms with Crippen LogP contribution in [0, 0.1) is 6.92 Å². The molecule has 0 bridgehead atoms. The summed E-state index contributed by atoms with van der Waals surface area (Å²) in [6.07, 6.45) is 6.23. The van der Waals surface area contributed by atoms with Crippen molar-refractivity contribution in [2.75, 3.05) is 11.4 Å². The number of piperidine rings is 1. The van der Waals surface area contributed by atoms with E-state index < -0.39 is 0 Å². The van der Waals surface area contributed by atoms with E-state index in [0.717, 1.165) is 24.3 Å². The van der Waals surface area contributed by atoms with E-state index in [-0.39, 0.29) is 5.91 Å². The fourth-order valence-electron chi connectivity index (χ4n) is 3.45. The number of benzene rings is 1. The molecule has 2 aromatic rings. The number of nitrogens with one attached hydrogen (secondary N) is 1. The lowest BCUT2D eigenvalue weighted by molar-refractivity contribution is 0.0945. The van der Waals surface area contributed by atoms with Gasteiger partial charge in [0.25, 0.3) is 5.91 Å². The number of hydrogen-bond donors (Lipinski definition) is 1. The molecule has 1 amide bonds. The van der Waals surface area contributed by atoms with E-state index in [1.807, 2.05) is 31.2 Å². The minimum Gasteiger partial charge on any atom is -0.354 e. The van der Waals surface area contributed by atoms with Crippen LogP contribution in [-0.2, 0) is 6.54 Å². The lowest BCUT2D eigenvalue weighted by atomic mass is 10.00. The molecule has 1 aromatic carbocycles. The summed E-state index contributed by atoms with van der Waals surface area (Å²) in [4.78, 5) is 23.4. The normalized spacial score (nSPS) is 17.4. The van der Waals surface area contributed by atoms with Gasteiger partial charge in [-0.2, -0.15) is 0 Å². The molecule has 132 valence electrons. The van der Waals surface area contributed by atoms with Crippen molar-refractivity contribution in [1.82, 2.24) is 15.3 Å². The topological polar surface area (TPSA) is 58.1 Å². The third-order valence-electron chi connectivity index (χ3n) is 4.81. The molecule has 1 unspecified atom stereocenters. The molecule has 0 aliphatic carbocycles. The third-order valence-corrected chi connectivity index (χ3v) is 4.81. The Morgan fingerprint density at radius 3 is 2.96 bits per heavy atom. The Morgan fingerprint density at radius 2 is 2.16 bits per heavy atom. The number of carbonyl (C=O) groups is 1. The van der Waals surface area contributed by atoms with E-state index in [4.69, 9.17) is 0 Å². The van der Waals surface area contributed by atoms with Gasteiger partial charge >= 0.3 is 0 Å². The van der Waals surface area contributed by atoms with E-state index in [0.29, 0.717) is 18.3 Å². The largest absolute Gasteiger partial charge is 0.354 e. The minimum absolute atomic E-state index is 0.157. The molecule has 0 saturated carbocycles. The van der Waals surface area contributed by atoms with E-state index in [1.165, 1.54) is 31.2 Å². The SMILES string of the molecule is CCC1CCCCN1c1cc(C(=O)NCc2cccc(C)c2)ncn1. The lowest BCUT2D eigenvalue weighted by Gasteiger charge is -2.36. The van der Waals surface area contributed by atoms with E-state index in [1.54, 1.807) is 0 Å². The molecule has 1 aliphatic heterocycles. The fourth-order valence-corrected chi connectivity index (χ4v) is 3.45. The van der Waals surface area contributed by atoms with Crippen molar-refractivity contribution in [3.05, 3.63) is 53.5 Å². The van der Waals surface area contributed by atoms with Gasteiger partial charge in [-0.25, -0.2) is 9.97 Å². The van der Waals surface area contributed by atoms with Crippen LogP contribution in [0.25, 0.3) is 0 Å². The smallest absolute Gasteiger partial charge is 0.270 e. The summed E-state index contributed by atoms with van der Waals surface area (Å²) in [5, 5.41) is 2.95. The number of carbonyl (C=O) groups excluding carboxylic acids is 1. The van der Waals surface area contributed by atoms with Gasteiger partial charge in [-0.05, 0) is 38.2 Å². The lowest BCUT2D eigenvalue weighted by Crippen LogP contribution is -2.39. The second kappa shape index (κ2) is 8.10. The maximum Gasteiger partial charge on any atom is 0.270 e. The number of amides is 1. The number of anilines is 1. The average Bonchev–Trinajstić information content (AvgIpc) is 2.66. The van der Waals surface area contributed by atoms with Crippen molar-refractivity contribution in [3.63, 3.8) is 0 Å². The van der Waals surface area contributed by atoms with Crippen LogP contribution >= 0.6 is 0 Å². The maximum absolute atomic E-state index is 12.5. The van der Waals surface area contributed by atoms with Gasteiger partial charge in [-0.1, -0.05) is 36.8 Å². The Bertz CT molecular complexity index is 731. The molecule has 3 rings (SSSR count). The van der Waals surface area contributed by atoms with Crippen molar-refractivity contribution in [2.24, 2.45) is 0 Å². The first kappa shape index (κ1) is 17.4. The Balaban J connectivity index is 1.69.